The van der Waals surface area contributed by atoms with E-state index in [-0.39, 0.29) is 10.9 Å². The monoisotopic (exact) mass is 449 g/mol. The van der Waals surface area contributed by atoms with Crippen molar-refractivity contribution in [1.82, 2.24) is 0 Å². The molecular weight excluding hydrogens is 429 g/mol. The molecule has 0 atom stereocenters. The predicted molar refractivity (Wildman–Crippen MR) is 127 cm³/mol. The van der Waals surface area contributed by atoms with Crippen LogP contribution in [0.2, 0.25) is 5.02 Å². The van der Waals surface area contributed by atoms with Gasteiger partial charge in [-0.05, 0) is 49.2 Å². The number of carbonyl (C=O) groups excluding carboxylic acids is 1. The van der Waals surface area contributed by atoms with Crippen molar-refractivity contribution in [1.29, 1.82) is 0 Å². The van der Waals surface area contributed by atoms with Gasteiger partial charge in [0.15, 0.2) is 0 Å². The number of carbonyl (C=O) groups is 1. The zero-order chi connectivity index (χ0) is 22.7. The number of furan rings is 1. The van der Waals surface area contributed by atoms with Gasteiger partial charge >= 0.3 is 0 Å². The summed E-state index contributed by atoms with van der Waals surface area (Å²) in [6, 6.07) is 17.8. The van der Waals surface area contributed by atoms with E-state index in [0.29, 0.717) is 29.2 Å². The van der Waals surface area contributed by atoms with Crippen LogP contribution in [0.1, 0.15) is 19.4 Å². The minimum absolute atomic E-state index is 0.0546. The van der Waals surface area contributed by atoms with Crippen molar-refractivity contribution in [3.05, 3.63) is 89.4 Å². The van der Waals surface area contributed by atoms with Gasteiger partial charge in [-0.15, -0.1) is 0 Å². The fraction of sp³-hybridized carbons (Fsp3) is 0.115. The van der Waals surface area contributed by atoms with Crippen LogP contribution >= 0.6 is 11.6 Å². The summed E-state index contributed by atoms with van der Waals surface area (Å²) < 4.78 is 25.0. The molecule has 0 saturated carbocycles. The molecule has 32 heavy (non-hydrogen) atoms. The van der Waals surface area contributed by atoms with Crippen molar-refractivity contribution in [2.24, 2.45) is 0 Å². The van der Waals surface area contributed by atoms with Gasteiger partial charge in [0.25, 0.3) is 0 Å². The normalized spacial score (nSPS) is 11.6. The standard InChI is InChI=1S/C26H21ClFNO3/c1-3-31-24-14-25-20(21(15-32-25)17-7-5-4-6-8-17)13-19(24)16(2)11-26(30)29-18-9-10-23(28)22(27)12-18/h4-15H,3H2,1-2H3,(H,29,30)/b16-11+. The van der Waals surface area contributed by atoms with Crippen LogP contribution in [0.5, 0.6) is 5.75 Å². The molecule has 4 aromatic rings. The molecule has 0 aliphatic carbocycles. The molecule has 0 bridgehead atoms. The van der Waals surface area contributed by atoms with Gasteiger partial charge in [-0.2, -0.15) is 0 Å². The van der Waals surface area contributed by atoms with Gasteiger partial charge in [-0.25, -0.2) is 4.39 Å². The number of fused-ring (bicyclic) bond motifs is 1. The van der Waals surface area contributed by atoms with E-state index in [1.165, 1.54) is 24.3 Å². The number of halogens is 2. The number of hydrogen-bond acceptors (Lipinski definition) is 3. The molecule has 1 amide bonds. The topological polar surface area (TPSA) is 51.5 Å². The minimum atomic E-state index is -0.541. The zero-order valence-corrected chi connectivity index (χ0v) is 18.4. The third-order valence-corrected chi connectivity index (χ3v) is 5.31. The predicted octanol–water partition coefficient (Wildman–Crippen LogP) is 7.33. The van der Waals surface area contributed by atoms with E-state index < -0.39 is 5.82 Å². The first-order valence-corrected chi connectivity index (χ1v) is 10.5. The highest BCUT2D eigenvalue weighted by Gasteiger charge is 2.15. The van der Waals surface area contributed by atoms with E-state index in [4.69, 9.17) is 20.8 Å². The molecule has 0 aliphatic rings. The minimum Gasteiger partial charge on any atom is -0.493 e. The second-order valence-electron chi connectivity index (χ2n) is 7.24. The fourth-order valence-corrected chi connectivity index (χ4v) is 3.69. The summed E-state index contributed by atoms with van der Waals surface area (Å²) in [5.74, 6) is -0.274. The summed E-state index contributed by atoms with van der Waals surface area (Å²) in [4.78, 5) is 12.6. The molecule has 0 aliphatic heterocycles. The first-order valence-electron chi connectivity index (χ1n) is 10.1. The Morgan fingerprint density at radius 1 is 1.16 bits per heavy atom. The van der Waals surface area contributed by atoms with E-state index in [0.717, 1.165) is 22.1 Å². The van der Waals surface area contributed by atoms with Crippen LogP contribution in [-0.4, -0.2) is 12.5 Å². The number of ether oxygens (including phenoxy) is 1. The number of rotatable bonds is 6. The number of amides is 1. The van der Waals surface area contributed by atoms with Crippen molar-refractivity contribution in [2.45, 2.75) is 13.8 Å². The Labute approximate surface area is 190 Å². The van der Waals surface area contributed by atoms with Gasteiger partial charge in [0.2, 0.25) is 5.91 Å². The molecule has 3 aromatic carbocycles. The lowest BCUT2D eigenvalue weighted by molar-refractivity contribution is -0.111. The molecule has 0 spiro atoms. The van der Waals surface area contributed by atoms with Crippen LogP contribution in [0.15, 0.2) is 77.4 Å². The molecule has 4 nitrogen and oxygen atoms in total. The maximum absolute atomic E-state index is 13.4. The highest BCUT2D eigenvalue weighted by molar-refractivity contribution is 6.31. The molecule has 4 rings (SSSR count). The number of benzene rings is 3. The Kier molecular flexibility index (Phi) is 6.28. The van der Waals surface area contributed by atoms with E-state index in [1.54, 1.807) is 6.26 Å². The average molecular weight is 450 g/mol. The second kappa shape index (κ2) is 9.28. The number of anilines is 1. The first-order chi connectivity index (χ1) is 15.5. The van der Waals surface area contributed by atoms with Gasteiger partial charge in [-0.3, -0.25) is 4.79 Å². The molecule has 0 fully saturated rings. The average Bonchev–Trinajstić information content (AvgIpc) is 3.19. The van der Waals surface area contributed by atoms with Crippen LogP contribution in [0.25, 0.3) is 27.7 Å². The van der Waals surface area contributed by atoms with Crippen LogP contribution in [-0.2, 0) is 4.79 Å². The Morgan fingerprint density at radius 2 is 1.94 bits per heavy atom. The number of nitrogens with one attached hydrogen (secondary N) is 1. The van der Waals surface area contributed by atoms with Crippen LogP contribution in [0, 0.1) is 5.82 Å². The van der Waals surface area contributed by atoms with Gasteiger partial charge < -0.3 is 14.5 Å². The maximum atomic E-state index is 13.4. The molecule has 0 saturated heterocycles. The Bertz CT molecular complexity index is 1310. The highest BCUT2D eigenvalue weighted by Crippen LogP contribution is 2.37. The number of hydrogen-bond donors (Lipinski definition) is 1. The molecule has 1 heterocycles. The Balaban J connectivity index is 1.71. The summed E-state index contributed by atoms with van der Waals surface area (Å²) in [5, 5.41) is 3.58. The van der Waals surface area contributed by atoms with Crippen LogP contribution in [0.3, 0.4) is 0 Å². The van der Waals surface area contributed by atoms with E-state index >= 15 is 0 Å². The van der Waals surface area contributed by atoms with Crippen molar-refractivity contribution in [3.63, 3.8) is 0 Å². The van der Waals surface area contributed by atoms with Gasteiger partial charge in [-0.1, -0.05) is 41.9 Å². The summed E-state index contributed by atoms with van der Waals surface area (Å²) >= 11 is 5.80. The van der Waals surface area contributed by atoms with Crippen molar-refractivity contribution >= 4 is 39.7 Å². The van der Waals surface area contributed by atoms with Crippen molar-refractivity contribution in [3.8, 4) is 16.9 Å². The lowest BCUT2D eigenvalue weighted by atomic mass is 9.99. The molecular formula is C26H21ClFNO3. The first kappa shape index (κ1) is 21.7. The number of allylic oxidation sites excluding steroid dienone is 1. The molecule has 1 aromatic heterocycles. The summed E-state index contributed by atoms with van der Waals surface area (Å²) in [7, 11) is 0. The molecule has 0 unspecified atom stereocenters. The lowest BCUT2D eigenvalue weighted by Gasteiger charge is -2.12. The van der Waals surface area contributed by atoms with E-state index in [1.807, 2.05) is 56.3 Å². The fourth-order valence-electron chi connectivity index (χ4n) is 3.51. The summed E-state index contributed by atoms with van der Waals surface area (Å²) in [6.45, 7) is 4.21. The third-order valence-electron chi connectivity index (χ3n) is 5.02. The van der Waals surface area contributed by atoms with Gasteiger partial charge in [0, 0.05) is 34.3 Å². The zero-order valence-electron chi connectivity index (χ0n) is 17.6. The SMILES string of the molecule is CCOc1cc2occ(-c3ccccc3)c2cc1/C(C)=C/C(=O)Nc1ccc(F)c(Cl)c1. The van der Waals surface area contributed by atoms with Gasteiger partial charge in [0.1, 0.15) is 17.1 Å². The van der Waals surface area contributed by atoms with Crippen LogP contribution in [0.4, 0.5) is 10.1 Å². The van der Waals surface area contributed by atoms with Gasteiger partial charge in [0.05, 0.1) is 17.9 Å². The Hall–Kier alpha value is -3.57. The molecule has 6 heteroatoms. The Morgan fingerprint density at radius 3 is 2.66 bits per heavy atom. The lowest BCUT2D eigenvalue weighted by Crippen LogP contribution is -2.09. The molecule has 162 valence electrons. The quantitative estimate of drug-likeness (QED) is 0.313. The van der Waals surface area contributed by atoms with Crippen molar-refractivity contribution in [2.75, 3.05) is 11.9 Å². The van der Waals surface area contributed by atoms with E-state index in [9.17, 15) is 9.18 Å². The van der Waals surface area contributed by atoms with Crippen LogP contribution < -0.4 is 10.1 Å². The third kappa shape index (κ3) is 4.53. The summed E-state index contributed by atoms with van der Waals surface area (Å²) in [6.07, 6.45) is 3.20. The maximum Gasteiger partial charge on any atom is 0.248 e. The van der Waals surface area contributed by atoms with E-state index in [2.05, 4.69) is 5.32 Å². The largest absolute Gasteiger partial charge is 0.493 e. The van der Waals surface area contributed by atoms with Crippen molar-refractivity contribution < 1.29 is 18.3 Å². The second-order valence-corrected chi connectivity index (χ2v) is 7.65. The molecule has 0 radical (unpaired) electrons. The molecule has 1 N–H and O–H groups in total. The smallest absolute Gasteiger partial charge is 0.248 e. The summed E-state index contributed by atoms with van der Waals surface area (Å²) in [5.41, 5.74) is 4.60. The highest BCUT2D eigenvalue weighted by atomic mass is 35.5.